The molecule has 3 rings (SSSR count). The molecule has 1 unspecified atom stereocenters. The monoisotopic (exact) mass is 257 g/mol. The van der Waals surface area contributed by atoms with Gasteiger partial charge in [0, 0.05) is 30.7 Å². The van der Waals surface area contributed by atoms with Crippen molar-refractivity contribution in [3.05, 3.63) is 30.5 Å². The number of anilines is 1. The fraction of sp³-hybridized carbons (Fsp3) is 0.400. The highest BCUT2D eigenvalue weighted by Gasteiger charge is 2.25. The van der Waals surface area contributed by atoms with Gasteiger partial charge in [-0.1, -0.05) is 0 Å². The summed E-state index contributed by atoms with van der Waals surface area (Å²) in [5.74, 6) is 1.93. The topological polar surface area (TPSA) is 51.4 Å². The molecule has 0 saturated carbocycles. The summed E-state index contributed by atoms with van der Waals surface area (Å²) in [6.07, 6.45) is 4.21. The van der Waals surface area contributed by atoms with E-state index >= 15 is 0 Å². The number of methoxy groups -OCH3 is 1. The second-order valence-electron chi connectivity index (χ2n) is 4.95. The van der Waals surface area contributed by atoms with Gasteiger partial charge in [-0.15, -0.1) is 0 Å². The van der Waals surface area contributed by atoms with Crippen LogP contribution in [0.4, 0.5) is 5.82 Å². The molecule has 1 saturated heterocycles. The summed E-state index contributed by atoms with van der Waals surface area (Å²) in [6, 6.07) is 8.56. The molecule has 1 aromatic heterocycles. The number of rotatable bonds is 3. The molecule has 100 valence electrons. The van der Waals surface area contributed by atoms with Gasteiger partial charge in [-0.3, -0.25) is 0 Å². The van der Waals surface area contributed by atoms with E-state index in [9.17, 15) is 0 Å². The molecule has 0 bridgehead atoms. The van der Waals surface area contributed by atoms with Crippen molar-refractivity contribution in [3.8, 4) is 5.75 Å². The number of nitrogens with two attached hydrogens (primary N) is 1. The summed E-state index contributed by atoms with van der Waals surface area (Å²) in [4.78, 5) is 6.91. The third-order valence-electron chi connectivity index (χ3n) is 3.87. The zero-order chi connectivity index (χ0) is 13.2. The first kappa shape index (κ1) is 12.2. The standard InChI is InChI=1S/C15H19N3O/c1-19-13-4-5-14-11(9-13)6-7-17-15(14)18-8-2-3-12(18)10-16/h4-7,9,12H,2-3,8,10,16H2,1H3. The van der Waals surface area contributed by atoms with Crippen LogP contribution >= 0.6 is 0 Å². The Morgan fingerprint density at radius 1 is 1.42 bits per heavy atom. The Balaban J connectivity index is 2.08. The van der Waals surface area contributed by atoms with E-state index in [1.54, 1.807) is 7.11 Å². The second-order valence-corrected chi connectivity index (χ2v) is 4.95. The Morgan fingerprint density at radius 2 is 2.32 bits per heavy atom. The van der Waals surface area contributed by atoms with E-state index in [0.717, 1.165) is 29.9 Å². The van der Waals surface area contributed by atoms with Gasteiger partial charge in [0.2, 0.25) is 0 Å². The van der Waals surface area contributed by atoms with E-state index in [4.69, 9.17) is 10.5 Å². The number of hydrogen-bond donors (Lipinski definition) is 1. The first-order valence-electron chi connectivity index (χ1n) is 6.73. The lowest BCUT2D eigenvalue weighted by Gasteiger charge is -2.25. The van der Waals surface area contributed by atoms with Gasteiger partial charge in [-0.05, 0) is 42.5 Å². The summed E-state index contributed by atoms with van der Waals surface area (Å²) in [7, 11) is 1.69. The molecule has 2 N–H and O–H groups in total. The van der Waals surface area contributed by atoms with Gasteiger partial charge in [0.05, 0.1) is 7.11 Å². The lowest BCUT2D eigenvalue weighted by Crippen LogP contribution is -2.36. The van der Waals surface area contributed by atoms with Gasteiger partial charge in [0.15, 0.2) is 0 Å². The third-order valence-corrected chi connectivity index (χ3v) is 3.87. The first-order valence-corrected chi connectivity index (χ1v) is 6.73. The van der Waals surface area contributed by atoms with E-state index in [-0.39, 0.29) is 0 Å². The van der Waals surface area contributed by atoms with Crippen LogP contribution in [0.5, 0.6) is 5.75 Å². The third kappa shape index (κ3) is 2.12. The predicted molar refractivity (Wildman–Crippen MR) is 77.7 cm³/mol. The molecule has 4 heteroatoms. The maximum atomic E-state index is 5.86. The molecule has 0 aliphatic carbocycles. The van der Waals surface area contributed by atoms with Crippen molar-refractivity contribution in [2.24, 2.45) is 5.73 Å². The molecule has 1 aliphatic heterocycles. The highest BCUT2D eigenvalue weighted by molar-refractivity contribution is 5.93. The van der Waals surface area contributed by atoms with E-state index in [1.165, 1.54) is 11.8 Å². The van der Waals surface area contributed by atoms with Gasteiger partial charge in [-0.2, -0.15) is 0 Å². The van der Waals surface area contributed by atoms with Crippen molar-refractivity contribution in [2.75, 3.05) is 25.1 Å². The van der Waals surface area contributed by atoms with Crippen molar-refractivity contribution in [1.29, 1.82) is 0 Å². The van der Waals surface area contributed by atoms with Crippen molar-refractivity contribution >= 4 is 16.6 Å². The summed E-state index contributed by atoms with van der Waals surface area (Å²) >= 11 is 0. The zero-order valence-corrected chi connectivity index (χ0v) is 11.2. The molecule has 4 nitrogen and oxygen atoms in total. The van der Waals surface area contributed by atoms with Gasteiger partial charge in [-0.25, -0.2) is 4.98 Å². The Hall–Kier alpha value is -1.81. The zero-order valence-electron chi connectivity index (χ0n) is 11.2. The first-order chi connectivity index (χ1) is 9.33. The van der Waals surface area contributed by atoms with E-state index in [0.29, 0.717) is 12.6 Å². The van der Waals surface area contributed by atoms with Gasteiger partial charge >= 0.3 is 0 Å². The Labute approximate surface area is 113 Å². The SMILES string of the molecule is COc1ccc2c(N3CCCC3CN)nccc2c1. The Morgan fingerprint density at radius 3 is 3.11 bits per heavy atom. The van der Waals surface area contributed by atoms with Gasteiger partial charge in [0.1, 0.15) is 11.6 Å². The second kappa shape index (κ2) is 5.05. The van der Waals surface area contributed by atoms with Crippen molar-refractivity contribution in [2.45, 2.75) is 18.9 Å². The van der Waals surface area contributed by atoms with Crippen LogP contribution in [0, 0.1) is 0 Å². The minimum absolute atomic E-state index is 0.417. The quantitative estimate of drug-likeness (QED) is 0.915. The van der Waals surface area contributed by atoms with Crippen molar-refractivity contribution in [1.82, 2.24) is 4.98 Å². The normalized spacial score (nSPS) is 19.1. The van der Waals surface area contributed by atoms with Crippen molar-refractivity contribution in [3.63, 3.8) is 0 Å². The predicted octanol–water partition coefficient (Wildman–Crippen LogP) is 2.17. The molecule has 1 aromatic carbocycles. The summed E-state index contributed by atoms with van der Waals surface area (Å²) in [5.41, 5.74) is 5.86. The number of benzene rings is 1. The van der Waals surface area contributed by atoms with Crippen molar-refractivity contribution < 1.29 is 4.74 Å². The van der Waals surface area contributed by atoms with E-state index < -0.39 is 0 Å². The van der Waals surface area contributed by atoms with Gasteiger partial charge in [0.25, 0.3) is 0 Å². The highest BCUT2D eigenvalue weighted by Crippen LogP contribution is 2.31. The van der Waals surface area contributed by atoms with Crippen LogP contribution in [0.25, 0.3) is 10.8 Å². The smallest absolute Gasteiger partial charge is 0.136 e. The van der Waals surface area contributed by atoms with Crippen LogP contribution in [0.15, 0.2) is 30.5 Å². The average Bonchev–Trinajstić information content (AvgIpc) is 2.94. The minimum atomic E-state index is 0.417. The molecular weight excluding hydrogens is 238 g/mol. The molecule has 2 aromatic rings. The minimum Gasteiger partial charge on any atom is -0.497 e. The highest BCUT2D eigenvalue weighted by atomic mass is 16.5. The fourth-order valence-corrected chi connectivity index (χ4v) is 2.86. The molecule has 2 heterocycles. The largest absolute Gasteiger partial charge is 0.497 e. The van der Waals surface area contributed by atoms with Crippen LogP contribution < -0.4 is 15.4 Å². The van der Waals surface area contributed by atoms with Crippen LogP contribution in [-0.4, -0.2) is 31.2 Å². The summed E-state index contributed by atoms with van der Waals surface area (Å²) in [5, 5.41) is 2.33. The number of ether oxygens (including phenoxy) is 1. The molecule has 19 heavy (non-hydrogen) atoms. The Kier molecular flexibility index (Phi) is 3.25. The van der Waals surface area contributed by atoms with Crippen LogP contribution in [0.1, 0.15) is 12.8 Å². The number of aromatic nitrogens is 1. The number of nitrogens with zero attached hydrogens (tertiary/aromatic N) is 2. The fourth-order valence-electron chi connectivity index (χ4n) is 2.86. The molecule has 1 aliphatic rings. The lowest BCUT2D eigenvalue weighted by molar-refractivity contribution is 0.415. The summed E-state index contributed by atoms with van der Waals surface area (Å²) < 4.78 is 5.28. The van der Waals surface area contributed by atoms with Crippen LogP contribution in [0.2, 0.25) is 0 Å². The maximum absolute atomic E-state index is 5.86. The summed E-state index contributed by atoms with van der Waals surface area (Å²) in [6.45, 7) is 1.73. The van der Waals surface area contributed by atoms with Crippen LogP contribution in [-0.2, 0) is 0 Å². The number of pyridine rings is 1. The molecule has 0 amide bonds. The van der Waals surface area contributed by atoms with E-state index in [1.807, 2.05) is 24.4 Å². The molecule has 0 radical (unpaired) electrons. The van der Waals surface area contributed by atoms with E-state index in [2.05, 4.69) is 16.0 Å². The molecule has 0 spiro atoms. The lowest BCUT2D eigenvalue weighted by atomic mass is 10.1. The number of hydrogen-bond acceptors (Lipinski definition) is 4. The molecule has 1 fully saturated rings. The number of fused-ring (bicyclic) bond motifs is 1. The molecular formula is C15H19N3O. The Bertz CT molecular complexity index is 585. The average molecular weight is 257 g/mol. The van der Waals surface area contributed by atoms with Gasteiger partial charge < -0.3 is 15.4 Å². The molecule has 1 atom stereocenters. The maximum Gasteiger partial charge on any atom is 0.136 e. The van der Waals surface area contributed by atoms with Crippen LogP contribution in [0.3, 0.4) is 0 Å².